The molecule has 1 saturated heterocycles. The monoisotopic (exact) mass is 438 g/mol. The van der Waals surface area contributed by atoms with E-state index >= 15 is 0 Å². The summed E-state index contributed by atoms with van der Waals surface area (Å²) < 4.78 is 2.09. The quantitative estimate of drug-likeness (QED) is 0.341. The fraction of sp³-hybridized carbons (Fsp3) is 0.429. The summed E-state index contributed by atoms with van der Waals surface area (Å²) in [7, 11) is 0. The molecule has 2 aliphatic rings. The van der Waals surface area contributed by atoms with E-state index in [-0.39, 0.29) is 23.7 Å². The Morgan fingerprint density at radius 1 is 1.46 bits per heavy atom. The maximum absolute atomic E-state index is 12.6. The average Bonchev–Trinajstić information content (AvgIpc) is 3.35. The molecule has 0 saturated carbocycles. The molecule has 0 spiro atoms. The van der Waals surface area contributed by atoms with E-state index in [4.69, 9.17) is 0 Å². The van der Waals surface area contributed by atoms with Gasteiger partial charge in [0.15, 0.2) is 10.6 Å². The first kappa shape index (κ1) is 19.0. The number of aromatic nitrogens is 6. The second kappa shape index (κ2) is 7.97. The van der Waals surface area contributed by atoms with E-state index in [0.29, 0.717) is 23.5 Å². The van der Waals surface area contributed by atoms with Gasteiger partial charge < -0.3 is 5.32 Å². The van der Waals surface area contributed by atoms with E-state index in [2.05, 4.69) is 31.0 Å². The number of carbonyl (C=O) groups excluding carboxylic acids is 3. The molecule has 14 heteroatoms. The number of thioether (sulfide) groups is 2. The van der Waals surface area contributed by atoms with E-state index in [9.17, 15) is 14.4 Å². The number of β-lactam (4-membered cyclic amide) rings is 1. The van der Waals surface area contributed by atoms with Gasteiger partial charge in [-0.25, -0.2) is 4.68 Å². The molecule has 28 heavy (non-hydrogen) atoms. The van der Waals surface area contributed by atoms with Crippen LogP contribution in [0.2, 0.25) is 0 Å². The number of carbonyl (C=O) groups is 3. The van der Waals surface area contributed by atoms with Crippen molar-refractivity contribution in [2.45, 2.75) is 29.2 Å². The van der Waals surface area contributed by atoms with Crippen LogP contribution >= 0.6 is 34.9 Å². The third-order valence-electron chi connectivity index (χ3n) is 4.10. The highest BCUT2D eigenvalue weighted by Crippen LogP contribution is 2.41. The van der Waals surface area contributed by atoms with E-state index in [0.717, 1.165) is 14.9 Å². The standard InChI is InChI=1S/C14H14N8O3S3/c1-7-17-18-14(28-7)27-5-8-4-26-13-11(12(25)22(13)9(8)3-23)16-10(24)2-21-6-15-19-20-21/h3,6,11,13H,2,4-5H2,1H3,(H,16,24). The Kier molecular flexibility index (Phi) is 5.41. The molecule has 0 aromatic carbocycles. The molecule has 11 nitrogen and oxygen atoms in total. The van der Waals surface area contributed by atoms with E-state index in [1.807, 2.05) is 6.92 Å². The summed E-state index contributed by atoms with van der Waals surface area (Å²) in [5.74, 6) is 0.504. The van der Waals surface area contributed by atoms with Crippen LogP contribution in [0.5, 0.6) is 0 Å². The van der Waals surface area contributed by atoms with Crippen molar-refractivity contribution in [2.75, 3.05) is 11.5 Å². The van der Waals surface area contributed by atoms with Gasteiger partial charge in [-0.1, -0.05) is 23.1 Å². The molecule has 0 aliphatic carbocycles. The minimum absolute atomic E-state index is 0.0757. The first-order chi connectivity index (χ1) is 13.6. The van der Waals surface area contributed by atoms with Crippen molar-refractivity contribution in [3.8, 4) is 0 Å². The van der Waals surface area contributed by atoms with Crippen LogP contribution in [0.25, 0.3) is 0 Å². The number of aldehydes is 1. The van der Waals surface area contributed by atoms with Gasteiger partial charge in [0.1, 0.15) is 29.3 Å². The maximum atomic E-state index is 12.6. The number of nitrogens with one attached hydrogen (secondary N) is 1. The van der Waals surface area contributed by atoms with Crippen LogP contribution in [-0.2, 0) is 20.9 Å². The first-order valence-corrected chi connectivity index (χ1v) is 11.0. The summed E-state index contributed by atoms with van der Waals surface area (Å²) >= 11 is 4.51. The Morgan fingerprint density at radius 2 is 2.32 bits per heavy atom. The molecule has 4 rings (SSSR count). The molecule has 2 amide bonds. The highest BCUT2D eigenvalue weighted by atomic mass is 32.2. The predicted octanol–water partition coefficient (Wildman–Crippen LogP) is -0.522. The largest absolute Gasteiger partial charge is 0.340 e. The van der Waals surface area contributed by atoms with Gasteiger partial charge in [-0.3, -0.25) is 19.3 Å². The van der Waals surface area contributed by atoms with Crippen molar-refractivity contribution < 1.29 is 14.4 Å². The number of hydrogen-bond acceptors (Lipinski definition) is 11. The van der Waals surface area contributed by atoms with Crippen LogP contribution in [-0.4, -0.2) is 76.3 Å². The minimum atomic E-state index is -0.663. The zero-order chi connectivity index (χ0) is 19.7. The molecule has 1 fully saturated rings. The number of allylic oxidation sites excluding steroid dienone is 1. The number of aryl methyl sites for hydroxylation is 1. The lowest BCUT2D eigenvalue weighted by atomic mass is 10.0. The van der Waals surface area contributed by atoms with Crippen molar-refractivity contribution in [2.24, 2.45) is 0 Å². The number of amides is 2. The van der Waals surface area contributed by atoms with Gasteiger partial charge in [-0.15, -0.1) is 27.1 Å². The van der Waals surface area contributed by atoms with Gasteiger partial charge in [-0.05, 0) is 22.9 Å². The van der Waals surface area contributed by atoms with Crippen molar-refractivity contribution >= 4 is 53.0 Å². The number of hydrogen-bond donors (Lipinski definition) is 1. The summed E-state index contributed by atoms with van der Waals surface area (Å²) in [5.41, 5.74) is 1.26. The van der Waals surface area contributed by atoms with Crippen LogP contribution in [0.4, 0.5) is 0 Å². The highest BCUT2D eigenvalue weighted by molar-refractivity contribution is 8.01. The summed E-state index contributed by atoms with van der Waals surface area (Å²) in [5, 5.41) is 21.9. The lowest BCUT2D eigenvalue weighted by Crippen LogP contribution is -2.70. The molecular formula is C14H14N8O3S3. The second-order valence-electron chi connectivity index (χ2n) is 5.94. The Labute approximate surface area is 171 Å². The van der Waals surface area contributed by atoms with Gasteiger partial charge >= 0.3 is 0 Å². The lowest BCUT2D eigenvalue weighted by molar-refractivity contribution is -0.146. The van der Waals surface area contributed by atoms with E-state index in [1.165, 1.54) is 50.8 Å². The third-order valence-corrected chi connectivity index (χ3v) is 7.49. The average molecular weight is 439 g/mol. The van der Waals surface area contributed by atoms with E-state index < -0.39 is 6.04 Å². The Hall–Kier alpha value is -2.32. The molecule has 1 N–H and O–H groups in total. The number of rotatable bonds is 7. The van der Waals surface area contributed by atoms with Crippen molar-refractivity contribution in [1.82, 2.24) is 40.6 Å². The molecule has 2 unspecified atom stereocenters. The maximum Gasteiger partial charge on any atom is 0.253 e. The molecule has 2 aromatic rings. The van der Waals surface area contributed by atoms with Gasteiger partial charge in [0.25, 0.3) is 5.91 Å². The van der Waals surface area contributed by atoms with Crippen molar-refractivity contribution in [1.29, 1.82) is 0 Å². The molecular weight excluding hydrogens is 424 g/mol. The van der Waals surface area contributed by atoms with E-state index in [1.54, 1.807) is 0 Å². The minimum Gasteiger partial charge on any atom is -0.340 e. The Balaban J connectivity index is 1.40. The van der Waals surface area contributed by atoms with Crippen LogP contribution in [0.1, 0.15) is 5.01 Å². The second-order valence-corrected chi connectivity index (χ2v) is 9.45. The number of fused-ring (bicyclic) bond motifs is 1. The molecule has 146 valence electrons. The van der Waals surface area contributed by atoms with Gasteiger partial charge in [0.2, 0.25) is 5.91 Å². The number of nitrogens with zero attached hydrogens (tertiary/aromatic N) is 7. The van der Waals surface area contributed by atoms with Crippen molar-refractivity contribution in [3.05, 3.63) is 22.6 Å². The Bertz CT molecular complexity index is 944. The smallest absolute Gasteiger partial charge is 0.253 e. The van der Waals surface area contributed by atoms with Crippen LogP contribution < -0.4 is 5.32 Å². The van der Waals surface area contributed by atoms with Crippen LogP contribution in [0, 0.1) is 6.92 Å². The normalized spacial score (nSPS) is 21.3. The zero-order valence-corrected chi connectivity index (χ0v) is 17.0. The molecule has 2 atom stereocenters. The molecule has 0 bridgehead atoms. The van der Waals surface area contributed by atoms with Crippen LogP contribution in [0.3, 0.4) is 0 Å². The fourth-order valence-corrected chi connectivity index (χ4v) is 6.15. The SMILES string of the molecule is Cc1nnc(SCC2=C(C=O)N3C(=O)C(NC(=O)Cn4cnnn4)C3SC2)s1. The third kappa shape index (κ3) is 3.66. The lowest BCUT2D eigenvalue weighted by Gasteiger charge is -2.49. The molecule has 0 radical (unpaired) electrons. The summed E-state index contributed by atoms with van der Waals surface area (Å²) in [6.07, 6.45) is 2.03. The predicted molar refractivity (Wildman–Crippen MR) is 101 cm³/mol. The van der Waals surface area contributed by atoms with Gasteiger partial charge in [0, 0.05) is 11.5 Å². The first-order valence-electron chi connectivity index (χ1n) is 8.11. The Morgan fingerprint density at radius 3 is 3.00 bits per heavy atom. The zero-order valence-electron chi connectivity index (χ0n) is 14.5. The summed E-state index contributed by atoms with van der Waals surface area (Å²) in [4.78, 5) is 37.8. The molecule has 4 heterocycles. The van der Waals surface area contributed by atoms with Crippen molar-refractivity contribution in [3.63, 3.8) is 0 Å². The van der Waals surface area contributed by atoms with Gasteiger partial charge in [-0.2, -0.15) is 0 Å². The number of tetrazole rings is 1. The summed E-state index contributed by atoms with van der Waals surface area (Å²) in [6.45, 7) is 1.80. The highest BCUT2D eigenvalue weighted by Gasteiger charge is 2.52. The topological polar surface area (TPSA) is 136 Å². The van der Waals surface area contributed by atoms with Crippen LogP contribution in [0.15, 0.2) is 21.9 Å². The fourth-order valence-electron chi connectivity index (χ4n) is 2.81. The summed E-state index contributed by atoms with van der Waals surface area (Å²) in [6, 6.07) is -0.663. The van der Waals surface area contributed by atoms with Gasteiger partial charge in [0.05, 0.1) is 5.70 Å². The molecule has 2 aliphatic heterocycles. The molecule has 2 aromatic heterocycles.